The summed E-state index contributed by atoms with van der Waals surface area (Å²) >= 11 is 0. The van der Waals surface area contributed by atoms with Crippen molar-refractivity contribution >= 4 is 45.9 Å². The van der Waals surface area contributed by atoms with Crippen LogP contribution >= 0.6 is 0 Å². The number of benzene rings is 1. The molecule has 3 fully saturated rings. The number of fused-ring (bicyclic) bond motifs is 3. The third-order valence-corrected chi connectivity index (χ3v) is 12.7. The molecule has 2 aliphatic carbocycles. The van der Waals surface area contributed by atoms with Crippen LogP contribution in [0.15, 0.2) is 36.9 Å². The predicted molar refractivity (Wildman–Crippen MR) is 197 cm³/mol. The maximum atomic E-state index is 14.6. The van der Waals surface area contributed by atoms with Crippen LogP contribution in [0, 0.1) is 11.3 Å². The number of sulfonamides is 1. The molecule has 0 aromatic heterocycles. The van der Waals surface area contributed by atoms with E-state index in [2.05, 4.69) is 28.0 Å². The number of hydrogen-bond acceptors (Lipinski definition) is 8. The molecule has 3 heterocycles. The monoisotopic (exact) mass is 752 g/mol. The number of rotatable bonds is 8. The fourth-order valence-electron chi connectivity index (χ4n) is 7.57. The summed E-state index contributed by atoms with van der Waals surface area (Å²) in [5, 5.41) is 5.08. The van der Waals surface area contributed by atoms with Crippen LogP contribution in [-0.4, -0.2) is 102 Å². The number of ether oxygens (including phenoxy) is 1. The highest BCUT2D eigenvalue weighted by Gasteiger charge is 2.62. The van der Waals surface area contributed by atoms with Gasteiger partial charge in [-0.05, 0) is 60.6 Å². The van der Waals surface area contributed by atoms with Gasteiger partial charge in [0.2, 0.25) is 21.8 Å². The van der Waals surface area contributed by atoms with Crippen molar-refractivity contribution in [1.82, 2.24) is 30.1 Å². The molecule has 1 aromatic carbocycles. The molecule has 1 aromatic rings. The van der Waals surface area contributed by atoms with E-state index in [0.717, 1.165) is 23.1 Å². The van der Waals surface area contributed by atoms with Gasteiger partial charge in [-0.3, -0.25) is 24.0 Å². The van der Waals surface area contributed by atoms with Crippen molar-refractivity contribution in [2.24, 2.45) is 11.3 Å². The van der Waals surface area contributed by atoms with Crippen LogP contribution in [0.3, 0.4) is 0 Å². The first-order chi connectivity index (χ1) is 25.1. The molecular weight excluding hydrogens is 701 g/mol. The molecular formula is C38H52N6O8S. The molecule has 3 N–H and O–H groups in total. The molecule has 1 saturated heterocycles. The van der Waals surface area contributed by atoms with Crippen LogP contribution < -0.4 is 15.4 Å². The van der Waals surface area contributed by atoms with E-state index < -0.39 is 80.2 Å². The minimum absolute atomic E-state index is 0.0678. The molecule has 0 spiro atoms. The zero-order chi connectivity index (χ0) is 38.3. The molecule has 6 amide bonds. The van der Waals surface area contributed by atoms with Gasteiger partial charge < -0.3 is 25.2 Å². The Bertz CT molecular complexity index is 1800. The summed E-state index contributed by atoms with van der Waals surface area (Å²) in [6.45, 7) is 12.7. The van der Waals surface area contributed by atoms with Crippen molar-refractivity contribution in [1.29, 1.82) is 0 Å². The van der Waals surface area contributed by atoms with Gasteiger partial charge in [0, 0.05) is 32.0 Å². The third-order valence-electron chi connectivity index (χ3n) is 10.9. The molecule has 5 atom stereocenters. The number of allylic oxidation sites excluding steroid dienone is 1. The molecule has 6 rings (SSSR count). The van der Waals surface area contributed by atoms with E-state index in [4.69, 9.17) is 4.74 Å². The van der Waals surface area contributed by atoms with E-state index in [9.17, 15) is 32.4 Å². The van der Waals surface area contributed by atoms with Gasteiger partial charge in [0.05, 0.1) is 18.3 Å². The van der Waals surface area contributed by atoms with Gasteiger partial charge in [-0.1, -0.05) is 64.1 Å². The quantitative estimate of drug-likeness (QED) is 0.339. The second kappa shape index (κ2) is 14.8. The lowest BCUT2D eigenvalue weighted by Gasteiger charge is -2.37. The van der Waals surface area contributed by atoms with Crippen LogP contribution in [0.5, 0.6) is 0 Å². The largest absolute Gasteiger partial charge is 0.444 e. The van der Waals surface area contributed by atoms with Gasteiger partial charge in [-0.2, -0.15) is 0 Å². The van der Waals surface area contributed by atoms with Crippen molar-refractivity contribution < 1.29 is 37.1 Å². The minimum atomic E-state index is -3.91. The van der Waals surface area contributed by atoms with Crippen molar-refractivity contribution in [2.45, 2.75) is 115 Å². The Morgan fingerprint density at radius 1 is 1.15 bits per heavy atom. The van der Waals surface area contributed by atoms with Gasteiger partial charge in [0.1, 0.15) is 23.7 Å². The Balaban J connectivity index is 1.30. The molecule has 5 aliphatic rings. The maximum absolute atomic E-state index is 14.6. The Morgan fingerprint density at radius 2 is 1.91 bits per heavy atom. The lowest BCUT2D eigenvalue weighted by atomic mass is 9.85. The zero-order valence-corrected chi connectivity index (χ0v) is 31.9. The topological polar surface area (TPSA) is 175 Å². The first-order valence-electron chi connectivity index (χ1n) is 18.7. The summed E-state index contributed by atoms with van der Waals surface area (Å²) in [4.78, 5) is 74.4. The van der Waals surface area contributed by atoms with Gasteiger partial charge in [-0.25, -0.2) is 18.0 Å². The van der Waals surface area contributed by atoms with E-state index in [1.807, 2.05) is 52.0 Å². The highest BCUT2D eigenvalue weighted by molar-refractivity contribution is 7.91. The number of carbonyl (C=O) groups excluding carboxylic acids is 5. The molecule has 3 aliphatic heterocycles. The standard InChI is InChI=1S/C38H52N6O8S/c1-6-17-42-18-10-8-9-12-24-13-11-14-25-21-43(23-29(24)25)36(49)52-27-19-30(44(22-27)33(46)31(37(3,4)5)39-35(42)48)32(45)40-38(20-26(38)7-2)34(47)41-53(50,51)28-15-16-28/h7,9,11-14,26-28,30-31H,2,6,8,10,15-23H2,1,3-5H3,(H,39,48)(H,40,45)(H,41,47)/b12-9+/t26-,27+,30-,31+,38+/m0/s1. The summed E-state index contributed by atoms with van der Waals surface area (Å²) in [5.41, 5.74) is 0.671. The summed E-state index contributed by atoms with van der Waals surface area (Å²) in [6.07, 6.45) is 7.25. The molecule has 0 unspecified atom stereocenters. The van der Waals surface area contributed by atoms with E-state index in [1.165, 1.54) is 11.0 Å². The Labute approximate surface area is 311 Å². The number of carbonyl (C=O) groups is 5. The Hall–Kier alpha value is -4.40. The highest BCUT2D eigenvalue weighted by Crippen LogP contribution is 2.45. The summed E-state index contributed by atoms with van der Waals surface area (Å²) in [5.74, 6) is -2.62. The molecule has 288 valence electrons. The molecule has 15 heteroatoms. The van der Waals surface area contributed by atoms with Gasteiger partial charge in [0.25, 0.3) is 5.91 Å². The molecule has 0 radical (unpaired) electrons. The fourth-order valence-corrected chi connectivity index (χ4v) is 8.93. The van der Waals surface area contributed by atoms with Crippen LogP contribution in [-0.2, 0) is 42.2 Å². The Morgan fingerprint density at radius 3 is 2.57 bits per heavy atom. The molecule has 14 nitrogen and oxygen atoms in total. The van der Waals surface area contributed by atoms with E-state index in [-0.39, 0.29) is 19.4 Å². The van der Waals surface area contributed by atoms with Crippen LogP contribution in [0.4, 0.5) is 9.59 Å². The zero-order valence-electron chi connectivity index (χ0n) is 31.1. The number of nitrogens with zero attached hydrogens (tertiary/aromatic N) is 3. The maximum Gasteiger partial charge on any atom is 0.410 e. The first kappa shape index (κ1) is 38.3. The number of urea groups is 1. The lowest BCUT2D eigenvalue weighted by molar-refractivity contribution is -0.142. The Kier molecular flexibility index (Phi) is 10.7. The summed E-state index contributed by atoms with van der Waals surface area (Å²) in [7, 11) is -3.91. The summed E-state index contributed by atoms with van der Waals surface area (Å²) in [6, 6.07) is 3.28. The molecule has 2 saturated carbocycles. The third kappa shape index (κ3) is 8.09. The number of hydrogen-bond donors (Lipinski definition) is 3. The van der Waals surface area contributed by atoms with E-state index in [1.54, 1.807) is 9.80 Å². The minimum Gasteiger partial charge on any atom is -0.444 e. The van der Waals surface area contributed by atoms with E-state index in [0.29, 0.717) is 51.9 Å². The second-order valence-electron chi connectivity index (χ2n) is 16.1. The van der Waals surface area contributed by atoms with Gasteiger partial charge in [-0.15, -0.1) is 6.58 Å². The lowest BCUT2D eigenvalue weighted by Crippen LogP contribution is -2.61. The smallest absolute Gasteiger partial charge is 0.410 e. The average Bonchev–Trinajstić information content (AvgIpc) is 3.99. The second-order valence-corrected chi connectivity index (χ2v) is 18.0. The van der Waals surface area contributed by atoms with Crippen LogP contribution in [0.2, 0.25) is 0 Å². The normalized spacial score (nSPS) is 28.6. The predicted octanol–water partition coefficient (Wildman–Crippen LogP) is 3.42. The number of nitrogens with one attached hydrogen (secondary N) is 3. The average molecular weight is 753 g/mol. The van der Waals surface area contributed by atoms with Crippen molar-refractivity contribution in [3.8, 4) is 0 Å². The fraction of sp³-hybridized carbons (Fsp3) is 0.605. The molecule has 4 bridgehead atoms. The summed E-state index contributed by atoms with van der Waals surface area (Å²) < 4.78 is 33.5. The van der Waals surface area contributed by atoms with Crippen molar-refractivity contribution in [2.75, 3.05) is 19.6 Å². The molecule has 53 heavy (non-hydrogen) atoms. The highest BCUT2D eigenvalue weighted by atomic mass is 32.2. The van der Waals surface area contributed by atoms with Crippen molar-refractivity contribution in [3.05, 3.63) is 53.6 Å². The van der Waals surface area contributed by atoms with Gasteiger partial charge in [0.15, 0.2) is 0 Å². The number of amides is 6. The van der Waals surface area contributed by atoms with Crippen molar-refractivity contribution in [3.63, 3.8) is 0 Å². The van der Waals surface area contributed by atoms with Gasteiger partial charge >= 0.3 is 12.1 Å². The SMILES string of the molecule is C=C[C@H]1C[C@]1(NC(=O)[C@@H]1C[C@@H]2CN1C(=O)[C@H](C(C)(C)C)NC(=O)N(CCC)CCC/C=C/c1cccc3c1CN(C3)C(=O)O2)C(=O)NS(=O)(=O)C1CC1. The van der Waals surface area contributed by atoms with Crippen LogP contribution in [0.25, 0.3) is 6.08 Å². The first-order valence-corrected chi connectivity index (χ1v) is 20.2. The van der Waals surface area contributed by atoms with Crippen LogP contribution in [0.1, 0.15) is 89.3 Å². The van der Waals surface area contributed by atoms with E-state index >= 15 is 0 Å².